The van der Waals surface area contributed by atoms with Gasteiger partial charge in [0.25, 0.3) is 0 Å². The maximum absolute atomic E-state index is 12.8. The molecule has 0 saturated heterocycles. The highest BCUT2D eigenvalue weighted by atomic mass is 32.2. The summed E-state index contributed by atoms with van der Waals surface area (Å²) in [6, 6.07) is 9.13. The summed E-state index contributed by atoms with van der Waals surface area (Å²) in [6.45, 7) is 0.391. The molecular formula is C16H19FN2O4S. The highest BCUT2D eigenvalue weighted by Gasteiger charge is 2.19. The lowest BCUT2D eigenvalue weighted by Gasteiger charge is -2.18. The van der Waals surface area contributed by atoms with Gasteiger partial charge in [-0.3, -0.25) is 4.79 Å². The van der Waals surface area contributed by atoms with Gasteiger partial charge in [0, 0.05) is 19.5 Å². The number of rotatable bonds is 8. The van der Waals surface area contributed by atoms with Crippen LogP contribution in [0.1, 0.15) is 17.7 Å². The Hall–Kier alpha value is -2.19. The molecule has 1 N–H and O–H groups in total. The van der Waals surface area contributed by atoms with Crippen LogP contribution < -0.4 is 5.32 Å². The van der Waals surface area contributed by atoms with Crippen molar-refractivity contribution in [1.29, 1.82) is 0 Å². The van der Waals surface area contributed by atoms with Gasteiger partial charge in [0.15, 0.2) is 0 Å². The average Bonchev–Trinajstić information content (AvgIpc) is 3.03. The second-order valence-corrected chi connectivity index (χ2v) is 7.31. The Labute approximate surface area is 140 Å². The zero-order valence-corrected chi connectivity index (χ0v) is 14.1. The van der Waals surface area contributed by atoms with E-state index < -0.39 is 10.0 Å². The third kappa shape index (κ3) is 5.78. The molecule has 0 fully saturated rings. The van der Waals surface area contributed by atoms with Crippen molar-refractivity contribution >= 4 is 15.9 Å². The number of hydrogen-bond donors (Lipinski definition) is 1. The Morgan fingerprint density at radius 3 is 2.54 bits per heavy atom. The van der Waals surface area contributed by atoms with E-state index in [0.717, 1.165) is 11.8 Å². The second kappa shape index (κ2) is 8.07. The van der Waals surface area contributed by atoms with Gasteiger partial charge < -0.3 is 9.73 Å². The molecule has 0 aliphatic heterocycles. The van der Waals surface area contributed by atoms with E-state index in [1.807, 2.05) is 0 Å². The molecule has 0 aliphatic rings. The van der Waals surface area contributed by atoms with Crippen molar-refractivity contribution in [1.82, 2.24) is 9.62 Å². The Bertz CT molecular complexity index is 758. The van der Waals surface area contributed by atoms with Gasteiger partial charge in [0.1, 0.15) is 11.6 Å². The molecule has 0 unspecified atom stereocenters. The van der Waals surface area contributed by atoms with Crippen LogP contribution in [-0.2, 0) is 27.9 Å². The lowest BCUT2D eigenvalue weighted by molar-refractivity contribution is -0.121. The standard InChI is InChI=1S/C16H19FN2O4S/c1-24(21,22)19(12-15-3-2-10-23-15)9-8-16(20)18-11-13-4-6-14(17)7-5-13/h2-7,10H,8-9,11-12H2,1H3,(H,18,20). The minimum absolute atomic E-state index is 0.0228. The first kappa shape index (κ1) is 18.2. The zero-order chi connectivity index (χ0) is 17.6. The number of carbonyl (C=O) groups excluding carboxylic acids is 1. The molecule has 0 spiro atoms. The molecule has 24 heavy (non-hydrogen) atoms. The van der Waals surface area contributed by atoms with Crippen LogP contribution in [0.5, 0.6) is 0 Å². The number of furan rings is 1. The number of halogens is 1. The van der Waals surface area contributed by atoms with Crippen LogP contribution in [-0.4, -0.2) is 31.4 Å². The first-order valence-corrected chi connectivity index (χ1v) is 9.18. The van der Waals surface area contributed by atoms with E-state index in [2.05, 4.69) is 5.32 Å². The smallest absolute Gasteiger partial charge is 0.221 e. The molecule has 1 aromatic heterocycles. The first-order chi connectivity index (χ1) is 11.3. The normalized spacial score (nSPS) is 11.6. The van der Waals surface area contributed by atoms with E-state index >= 15 is 0 Å². The first-order valence-electron chi connectivity index (χ1n) is 7.33. The van der Waals surface area contributed by atoms with E-state index in [1.54, 1.807) is 24.3 Å². The van der Waals surface area contributed by atoms with Crippen molar-refractivity contribution in [3.05, 3.63) is 59.8 Å². The zero-order valence-electron chi connectivity index (χ0n) is 13.2. The number of sulfonamides is 1. The fourth-order valence-electron chi connectivity index (χ4n) is 2.06. The van der Waals surface area contributed by atoms with Crippen LogP contribution in [0.15, 0.2) is 47.1 Å². The van der Waals surface area contributed by atoms with E-state index in [1.165, 1.54) is 22.7 Å². The topological polar surface area (TPSA) is 79.6 Å². The minimum atomic E-state index is -3.46. The van der Waals surface area contributed by atoms with E-state index in [4.69, 9.17) is 4.42 Å². The van der Waals surface area contributed by atoms with Gasteiger partial charge in [0.05, 0.1) is 19.1 Å². The molecule has 0 bridgehead atoms. The largest absolute Gasteiger partial charge is 0.468 e. The number of amides is 1. The Kier molecular flexibility index (Phi) is 6.10. The summed E-state index contributed by atoms with van der Waals surface area (Å²) in [7, 11) is -3.46. The fraction of sp³-hybridized carbons (Fsp3) is 0.312. The Morgan fingerprint density at radius 2 is 1.96 bits per heavy atom. The van der Waals surface area contributed by atoms with Gasteiger partial charge in [0.2, 0.25) is 15.9 Å². The maximum atomic E-state index is 12.8. The summed E-state index contributed by atoms with van der Waals surface area (Å²) in [5, 5.41) is 2.68. The summed E-state index contributed by atoms with van der Waals surface area (Å²) < 4.78 is 42.7. The molecule has 2 rings (SSSR count). The van der Waals surface area contributed by atoms with Crippen molar-refractivity contribution in [3.8, 4) is 0 Å². The number of carbonyl (C=O) groups is 1. The molecule has 0 atom stereocenters. The summed E-state index contributed by atoms with van der Waals surface area (Å²) in [6.07, 6.45) is 2.58. The molecule has 2 aromatic rings. The van der Waals surface area contributed by atoms with E-state index in [-0.39, 0.29) is 37.8 Å². The summed E-state index contributed by atoms with van der Waals surface area (Å²) in [5.41, 5.74) is 0.764. The molecule has 1 aromatic carbocycles. The molecule has 8 heteroatoms. The van der Waals surface area contributed by atoms with Gasteiger partial charge in [-0.05, 0) is 29.8 Å². The maximum Gasteiger partial charge on any atom is 0.221 e. The van der Waals surface area contributed by atoms with Crippen molar-refractivity contribution in [2.75, 3.05) is 12.8 Å². The SMILES string of the molecule is CS(=O)(=O)N(CCC(=O)NCc1ccc(F)cc1)Cc1ccco1. The number of benzene rings is 1. The molecule has 130 valence electrons. The van der Waals surface area contributed by atoms with E-state index in [9.17, 15) is 17.6 Å². The van der Waals surface area contributed by atoms with Crippen LogP contribution in [0.4, 0.5) is 4.39 Å². The minimum Gasteiger partial charge on any atom is -0.468 e. The van der Waals surface area contributed by atoms with Crippen molar-refractivity contribution in [3.63, 3.8) is 0 Å². The predicted octanol–water partition coefficient (Wildman–Crippen LogP) is 1.89. The average molecular weight is 354 g/mol. The second-order valence-electron chi connectivity index (χ2n) is 5.33. The van der Waals surface area contributed by atoms with Gasteiger partial charge in [-0.25, -0.2) is 12.8 Å². The van der Waals surface area contributed by atoms with Crippen LogP contribution in [0.3, 0.4) is 0 Å². The van der Waals surface area contributed by atoms with Gasteiger partial charge in [-0.1, -0.05) is 12.1 Å². The van der Waals surface area contributed by atoms with Gasteiger partial charge >= 0.3 is 0 Å². The van der Waals surface area contributed by atoms with Gasteiger partial charge in [-0.2, -0.15) is 4.31 Å². The molecule has 0 saturated carbocycles. The fourth-order valence-corrected chi connectivity index (χ4v) is 2.84. The summed E-state index contributed by atoms with van der Waals surface area (Å²) in [4.78, 5) is 11.9. The quantitative estimate of drug-likeness (QED) is 0.785. The van der Waals surface area contributed by atoms with Gasteiger partial charge in [-0.15, -0.1) is 0 Å². The van der Waals surface area contributed by atoms with Crippen LogP contribution >= 0.6 is 0 Å². The number of nitrogens with zero attached hydrogens (tertiary/aromatic N) is 1. The summed E-state index contributed by atoms with van der Waals surface area (Å²) >= 11 is 0. The Morgan fingerprint density at radius 1 is 1.25 bits per heavy atom. The molecule has 6 nitrogen and oxygen atoms in total. The van der Waals surface area contributed by atoms with E-state index in [0.29, 0.717) is 5.76 Å². The highest BCUT2D eigenvalue weighted by molar-refractivity contribution is 7.88. The monoisotopic (exact) mass is 354 g/mol. The van der Waals surface area contributed by atoms with Crippen molar-refractivity contribution < 1.29 is 22.0 Å². The number of nitrogens with one attached hydrogen (secondary N) is 1. The molecule has 0 radical (unpaired) electrons. The van der Waals surface area contributed by atoms with Crippen LogP contribution in [0.2, 0.25) is 0 Å². The van der Waals surface area contributed by atoms with Crippen molar-refractivity contribution in [2.45, 2.75) is 19.5 Å². The van der Waals surface area contributed by atoms with Crippen LogP contribution in [0.25, 0.3) is 0 Å². The molecule has 1 amide bonds. The van der Waals surface area contributed by atoms with Crippen molar-refractivity contribution in [2.24, 2.45) is 0 Å². The summed E-state index contributed by atoms with van der Waals surface area (Å²) in [5.74, 6) is -0.119. The van der Waals surface area contributed by atoms with Crippen LogP contribution in [0, 0.1) is 5.82 Å². The predicted molar refractivity (Wildman–Crippen MR) is 86.8 cm³/mol. The highest BCUT2D eigenvalue weighted by Crippen LogP contribution is 2.10. The number of hydrogen-bond acceptors (Lipinski definition) is 4. The lowest BCUT2D eigenvalue weighted by Crippen LogP contribution is -2.34. The Balaban J connectivity index is 1.84. The lowest BCUT2D eigenvalue weighted by atomic mass is 10.2. The molecular weight excluding hydrogens is 335 g/mol. The third-order valence-corrected chi connectivity index (χ3v) is 4.62. The molecule has 1 heterocycles. The third-order valence-electron chi connectivity index (χ3n) is 3.37. The molecule has 0 aliphatic carbocycles.